The van der Waals surface area contributed by atoms with E-state index in [1.54, 1.807) is 37.7 Å². The fourth-order valence-electron chi connectivity index (χ4n) is 4.00. The van der Waals surface area contributed by atoms with Crippen molar-refractivity contribution >= 4 is 35.5 Å². The molecule has 0 spiro atoms. The zero-order valence-electron chi connectivity index (χ0n) is 19.6. The van der Waals surface area contributed by atoms with Crippen LogP contribution >= 0.6 is 23.5 Å². The van der Waals surface area contributed by atoms with Crippen LogP contribution in [-0.2, 0) is 23.1 Å². The van der Waals surface area contributed by atoms with Crippen molar-refractivity contribution in [2.75, 3.05) is 14.2 Å². The molecule has 182 valence electrons. The van der Waals surface area contributed by atoms with Gasteiger partial charge in [0.2, 0.25) is 0 Å². The summed E-state index contributed by atoms with van der Waals surface area (Å²) in [6, 6.07) is 25.6. The van der Waals surface area contributed by atoms with Crippen LogP contribution in [0.5, 0.6) is 11.5 Å². The van der Waals surface area contributed by atoms with Gasteiger partial charge in [0.05, 0.1) is 26.6 Å². The highest BCUT2D eigenvalue weighted by molar-refractivity contribution is 8.17. The van der Waals surface area contributed by atoms with Crippen LogP contribution in [0.2, 0.25) is 0 Å². The number of hydrogen-bond donors (Lipinski definition) is 0. The number of ether oxygens (including phenoxy) is 4. The molecule has 0 saturated carbocycles. The summed E-state index contributed by atoms with van der Waals surface area (Å²) in [6.07, 6.45) is -0.938. The van der Waals surface area contributed by atoms with E-state index >= 15 is 0 Å². The minimum absolute atomic E-state index is 0.0892. The van der Waals surface area contributed by atoms with Gasteiger partial charge in [-0.3, -0.25) is 9.59 Å². The molecule has 4 rings (SSSR count). The summed E-state index contributed by atoms with van der Waals surface area (Å²) in [6.45, 7) is 1.32. The predicted molar refractivity (Wildman–Crippen MR) is 136 cm³/mol. The molecular weight excluding hydrogens is 484 g/mol. The third kappa shape index (κ3) is 5.60. The first-order valence-electron chi connectivity index (χ1n) is 11.0. The van der Waals surface area contributed by atoms with Gasteiger partial charge in [-0.15, -0.1) is 23.5 Å². The molecule has 2 atom stereocenters. The molecule has 0 unspecified atom stereocenters. The van der Waals surface area contributed by atoms with Crippen LogP contribution in [-0.4, -0.2) is 32.4 Å². The molecule has 0 radical (unpaired) electrons. The average Bonchev–Trinajstić information content (AvgIpc) is 3.24. The van der Waals surface area contributed by atoms with Crippen molar-refractivity contribution in [1.82, 2.24) is 0 Å². The van der Waals surface area contributed by atoms with Crippen LogP contribution in [0.3, 0.4) is 0 Å². The van der Waals surface area contributed by atoms with E-state index in [-0.39, 0.29) is 6.42 Å². The second kappa shape index (κ2) is 11.1. The van der Waals surface area contributed by atoms with Crippen molar-refractivity contribution < 1.29 is 28.5 Å². The number of hydrogen-bond acceptors (Lipinski definition) is 8. The molecule has 3 aromatic rings. The Hall–Kier alpha value is -3.10. The summed E-state index contributed by atoms with van der Waals surface area (Å²) in [4.78, 5) is 26.5. The van der Waals surface area contributed by atoms with Crippen molar-refractivity contribution in [2.45, 2.75) is 33.5 Å². The lowest BCUT2D eigenvalue weighted by Crippen LogP contribution is -2.37. The molecule has 0 amide bonds. The maximum absolute atomic E-state index is 12.6. The first kappa shape index (κ1) is 25.0. The largest absolute Gasteiger partial charge is 0.493 e. The Morgan fingerprint density at radius 2 is 1.46 bits per heavy atom. The predicted octanol–water partition coefficient (Wildman–Crippen LogP) is 5.89. The first-order valence-corrected chi connectivity index (χ1v) is 12.7. The lowest BCUT2D eigenvalue weighted by molar-refractivity contribution is -0.180. The monoisotopic (exact) mass is 510 g/mol. The smallest absolute Gasteiger partial charge is 0.309 e. The highest BCUT2D eigenvalue weighted by Crippen LogP contribution is 2.61. The molecule has 0 aliphatic carbocycles. The number of esters is 2. The van der Waals surface area contributed by atoms with E-state index in [1.165, 1.54) is 6.92 Å². The fraction of sp³-hybridized carbons (Fsp3) is 0.259. The van der Waals surface area contributed by atoms with E-state index in [4.69, 9.17) is 18.9 Å². The molecule has 1 aliphatic heterocycles. The van der Waals surface area contributed by atoms with Crippen molar-refractivity contribution in [1.29, 1.82) is 0 Å². The summed E-state index contributed by atoms with van der Waals surface area (Å²) in [5.41, 5.74) is 0.873. The Morgan fingerprint density at radius 3 is 1.97 bits per heavy atom. The molecule has 0 bridgehead atoms. The van der Waals surface area contributed by atoms with Gasteiger partial charge >= 0.3 is 11.9 Å². The van der Waals surface area contributed by atoms with Crippen LogP contribution in [0.15, 0.2) is 88.7 Å². The van der Waals surface area contributed by atoms with Crippen molar-refractivity contribution in [2.24, 2.45) is 5.92 Å². The maximum Gasteiger partial charge on any atom is 0.309 e. The molecule has 6 nitrogen and oxygen atoms in total. The maximum atomic E-state index is 12.6. The summed E-state index contributed by atoms with van der Waals surface area (Å²) in [7, 11) is 3.17. The molecule has 1 fully saturated rings. The molecule has 1 heterocycles. The second-order valence-electron chi connectivity index (χ2n) is 7.85. The van der Waals surface area contributed by atoms with Gasteiger partial charge in [0.25, 0.3) is 6.29 Å². The highest BCUT2D eigenvalue weighted by atomic mass is 32.2. The topological polar surface area (TPSA) is 71.1 Å². The Morgan fingerprint density at radius 1 is 0.886 bits per heavy atom. The van der Waals surface area contributed by atoms with Crippen LogP contribution < -0.4 is 9.47 Å². The molecule has 1 saturated heterocycles. The van der Waals surface area contributed by atoms with E-state index < -0.39 is 28.2 Å². The summed E-state index contributed by atoms with van der Waals surface area (Å²) >= 11 is 3.18. The number of rotatable bonds is 9. The van der Waals surface area contributed by atoms with Gasteiger partial charge in [-0.05, 0) is 42.0 Å². The van der Waals surface area contributed by atoms with Gasteiger partial charge < -0.3 is 18.9 Å². The minimum Gasteiger partial charge on any atom is -0.493 e. The average molecular weight is 511 g/mol. The standard InChI is InChI=1S/C27H26O6S2/c1-18(28)32-26-22(17-25(29)33-26)27(34-20-10-6-4-7-11-20,35-21-12-8-5-9-13-21)19-14-15-23(30-2)24(16-19)31-3/h4-16,22,26H,17H2,1-3H3/t22-,26-/m1/s1. The normalized spacial score (nSPS) is 17.5. The Bertz CT molecular complexity index is 1130. The Balaban J connectivity index is 1.94. The second-order valence-corrected chi connectivity index (χ2v) is 10.7. The van der Waals surface area contributed by atoms with E-state index in [1.807, 2.05) is 78.9 Å². The number of cyclic esters (lactones) is 1. The van der Waals surface area contributed by atoms with Crippen LogP contribution in [0.25, 0.3) is 0 Å². The zero-order valence-corrected chi connectivity index (χ0v) is 21.3. The molecule has 0 aromatic heterocycles. The number of carbonyl (C=O) groups is 2. The third-order valence-corrected chi connectivity index (χ3v) is 8.74. The minimum atomic E-state index is -1.03. The van der Waals surface area contributed by atoms with E-state index in [9.17, 15) is 9.59 Å². The molecule has 0 N–H and O–H groups in total. The van der Waals surface area contributed by atoms with Crippen LogP contribution in [0.4, 0.5) is 0 Å². The number of benzene rings is 3. The molecule has 3 aromatic carbocycles. The van der Waals surface area contributed by atoms with Gasteiger partial charge in [-0.25, -0.2) is 0 Å². The third-order valence-electron chi connectivity index (χ3n) is 5.54. The Labute approximate surface area is 213 Å². The summed E-state index contributed by atoms with van der Waals surface area (Å²) in [5, 5.41) is 0. The summed E-state index contributed by atoms with van der Waals surface area (Å²) < 4.78 is 21.3. The van der Waals surface area contributed by atoms with Gasteiger partial charge in [-0.1, -0.05) is 42.5 Å². The molecular formula is C27H26O6S2. The fourth-order valence-corrected chi connectivity index (χ4v) is 7.22. The summed E-state index contributed by atoms with van der Waals surface area (Å²) in [5.74, 6) is -0.257. The molecule has 35 heavy (non-hydrogen) atoms. The van der Waals surface area contributed by atoms with E-state index in [0.717, 1.165) is 15.4 Å². The van der Waals surface area contributed by atoms with Crippen molar-refractivity contribution in [3.63, 3.8) is 0 Å². The van der Waals surface area contributed by atoms with Crippen LogP contribution in [0.1, 0.15) is 18.9 Å². The lowest BCUT2D eigenvalue weighted by atomic mass is 9.95. The van der Waals surface area contributed by atoms with Crippen molar-refractivity contribution in [3.8, 4) is 11.5 Å². The zero-order chi connectivity index (χ0) is 24.8. The lowest BCUT2D eigenvalue weighted by Gasteiger charge is -2.39. The van der Waals surface area contributed by atoms with Gasteiger partial charge in [0.1, 0.15) is 4.08 Å². The number of methoxy groups -OCH3 is 2. The molecule has 8 heteroatoms. The quantitative estimate of drug-likeness (QED) is 0.200. The van der Waals surface area contributed by atoms with Crippen LogP contribution in [0, 0.1) is 5.92 Å². The SMILES string of the molecule is COc1ccc(C(Sc2ccccc2)(Sc2ccccc2)[C@@H]2CC(=O)O[C@H]2OC(C)=O)cc1OC. The van der Waals surface area contributed by atoms with Gasteiger partial charge in [0, 0.05) is 16.7 Å². The van der Waals surface area contributed by atoms with Gasteiger partial charge in [-0.2, -0.15) is 0 Å². The molecule has 1 aliphatic rings. The number of thioether (sulfide) groups is 2. The first-order chi connectivity index (χ1) is 16.9. The number of carbonyl (C=O) groups excluding carboxylic acids is 2. The Kier molecular flexibility index (Phi) is 7.93. The highest BCUT2D eigenvalue weighted by Gasteiger charge is 2.54. The van der Waals surface area contributed by atoms with E-state index in [2.05, 4.69) is 0 Å². The van der Waals surface area contributed by atoms with E-state index in [0.29, 0.717) is 11.5 Å². The van der Waals surface area contributed by atoms with Gasteiger partial charge in [0.15, 0.2) is 11.5 Å². The van der Waals surface area contributed by atoms with Crippen molar-refractivity contribution in [3.05, 3.63) is 84.4 Å².